The molecule has 1 aromatic heterocycles. The molecule has 0 aliphatic carbocycles. The van der Waals surface area contributed by atoms with Crippen LogP contribution in [-0.2, 0) is 0 Å². The van der Waals surface area contributed by atoms with Gasteiger partial charge in [0.25, 0.3) is 11.8 Å². The second kappa shape index (κ2) is 7.98. The number of anilines is 2. The molecule has 0 unspecified atom stereocenters. The Hall–Kier alpha value is -4.07. The fourth-order valence-corrected chi connectivity index (χ4v) is 3.65. The fraction of sp³-hybridized carbons (Fsp3) is 0.174. The first-order chi connectivity index (χ1) is 14.8. The Morgan fingerprint density at radius 2 is 1.68 bits per heavy atom. The molecule has 8 heteroatoms. The Morgan fingerprint density at radius 1 is 0.935 bits per heavy atom. The lowest BCUT2D eigenvalue weighted by molar-refractivity contribution is 0.101. The molecule has 1 aliphatic rings. The lowest BCUT2D eigenvalue weighted by atomic mass is 10.1. The number of ether oxygens (including phenoxy) is 2. The molecule has 3 aromatic rings. The van der Waals surface area contributed by atoms with Crippen LogP contribution >= 0.6 is 0 Å². The summed E-state index contributed by atoms with van der Waals surface area (Å²) in [7, 11) is 0. The lowest BCUT2D eigenvalue weighted by Crippen LogP contribution is -2.19. The van der Waals surface area contributed by atoms with Crippen LogP contribution < -0.4 is 20.1 Å². The molecule has 0 saturated carbocycles. The fourth-order valence-electron chi connectivity index (χ4n) is 3.65. The van der Waals surface area contributed by atoms with E-state index in [1.165, 1.54) is 6.92 Å². The van der Waals surface area contributed by atoms with Crippen molar-refractivity contribution in [3.8, 4) is 11.5 Å². The maximum atomic E-state index is 12.9. The van der Waals surface area contributed by atoms with Crippen LogP contribution in [0.25, 0.3) is 0 Å². The summed E-state index contributed by atoms with van der Waals surface area (Å²) in [5, 5.41) is 5.57. The predicted octanol–water partition coefficient (Wildman–Crippen LogP) is 4.07. The van der Waals surface area contributed by atoms with Crippen molar-refractivity contribution in [2.24, 2.45) is 0 Å². The van der Waals surface area contributed by atoms with Gasteiger partial charge in [-0.2, -0.15) is 0 Å². The predicted molar refractivity (Wildman–Crippen MR) is 115 cm³/mol. The van der Waals surface area contributed by atoms with E-state index in [9.17, 15) is 14.4 Å². The van der Waals surface area contributed by atoms with Crippen LogP contribution in [0.5, 0.6) is 11.5 Å². The van der Waals surface area contributed by atoms with Crippen LogP contribution in [0.2, 0.25) is 0 Å². The van der Waals surface area contributed by atoms with Crippen molar-refractivity contribution < 1.29 is 23.9 Å². The van der Waals surface area contributed by atoms with Crippen LogP contribution in [0.1, 0.15) is 49.4 Å². The third kappa shape index (κ3) is 3.87. The maximum absolute atomic E-state index is 12.9. The van der Waals surface area contributed by atoms with Crippen LogP contribution in [0.4, 0.5) is 11.4 Å². The first-order valence-electron chi connectivity index (χ1n) is 9.66. The molecule has 3 N–H and O–H groups in total. The van der Waals surface area contributed by atoms with E-state index in [1.54, 1.807) is 56.3 Å². The number of amides is 2. The van der Waals surface area contributed by atoms with E-state index in [1.807, 2.05) is 0 Å². The van der Waals surface area contributed by atoms with Crippen LogP contribution in [0.15, 0.2) is 42.5 Å². The number of nitrogens with one attached hydrogen (secondary N) is 3. The summed E-state index contributed by atoms with van der Waals surface area (Å²) >= 11 is 0. The quantitative estimate of drug-likeness (QED) is 0.540. The zero-order valence-corrected chi connectivity index (χ0v) is 17.3. The average Bonchev–Trinajstić information content (AvgIpc) is 3.31. The SMILES string of the molecule is CC(=O)c1c(C)[nH]c(C(=O)Nc2ccccc2C(=O)Nc2ccc3c(c2)OCO3)c1C. The minimum absolute atomic E-state index is 0.117. The molecule has 2 aromatic carbocycles. The van der Waals surface area contributed by atoms with E-state index in [2.05, 4.69) is 15.6 Å². The Bertz CT molecular complexity index is 1210. The minimum atomic E-state index is -0.434. The lowest BCUT2D eigenvalue weighted by Gasteiger charge is -2.12. The van der Waals surface area contributed by atoms with Crippen molar-refractivity contribution in [2.75, 3.05) is 17.4 Å². The van der Waals surface area contributed by atoms with E-state index in [0.717, 1.165) is 0 Å². The first-order valence-corrected chi connectivity index (χ1v) is 9.66. The van der Waals surface area contributed by atoms with Crippen LogP contribution in [0, 0.1) is 13.8 Å². The van der Waals surface area contributed by atoms with Crippen molar-refractivity contribution in [3.05, 3.63) is 70.5 Å². The third-order valence-corrected chi connectivity index (χ3v) is 5.07. The molecule has 31 heavy (non-hydrogen) atoms. The van der Waals surface area contributed by atoms with E-state index in [0.29, 0.717) is 45.3 Å². The van der Waals surface area contributed by atoms with Gasteiger partial charge in [0.1, 0.15) is 5.69 Å². The van der Waals surface area contributed by atoms with Crippen LogP contribution in [-0.4, -0.2) is 29.4 Å². The van der Waals surface area contributed by atoms with Crippen molar-refractivity contribution >= 4 is 29.0 Å². The molecule has 0 saturated heterocycles. The monoisotopic (exact) mass is 419 g/mol. The van der Waals surface area contributed by atoms with Gasteiger partial charge in [-0.15, -0.1) is 0 Å². The summed E-state index contributed by atoms with van der Waals surface area (Å²) in [6, 6.07) is 11.8. The third-order valence-electron chi connectivity index (χ3n) is 5.07. The molecule has 2 heterocycles. The molecular formula is C23H21N3O5. The van der Waals surface area contributed by atoms with Gasteiger partial charge in [-0.25, -0.2) is 0 Å². The number of fused-ring (bicyclic) bond motifs is 1. The number of aromatic amines is 1. The Labute approximate surface area is 178 Å². The van der Waals surface area contributed by atoms with Crippen molar-refractivity contribution in [1.82, 2.24) is 4.98 Å². The first kappa shape index (κ1) is 20.2. The van der Waals surface area contributed by atoms with Gasteiger partial charge in [-0.1, -0.05) is 12.1 Å². The summed E-state index contributed by atoms with van der Waals surface area (Å²) in [6.45, 7) is 5.06. The number of Topliss-reactive ketones (excluding diaryl/α,β-unsaturated/α-hetero) is 1. The summed E-state index contributed by atoms with van der Waals surface area (Å²) in [5.74, 6) is 0.231. The molecule has 2 amide bonds. The van der Waals surface area contributed by atoms with Gasteiger partial charge in [0.05, 0.1) is 11.3 Å². The number of hydrogen-bond acceptors (Lipinski definition) is 5. The van der Waals surface area contributed by atoms with E-state index in [-0.39, 0.29) is 18.3 Å². The highest BCUT2D eigenvalue weighted by molar-refractivity contribution is 6.13. The summed E-state index contributed by atoms with van der Waals surface area (Å²) in [4.78, 5) is 40.6. The molecule has 158 valence electrons. The number of benzene rings is 2. The van der Waals surface area contributed by atoms with Gasteiger partial charge in [-0.3, -0.25) is 14.4 Å². The van der Waals surface area contributed by atoms with E-state index >= 15 is 0 Å². The number of aryl methyl sites for hydroxylation is 1. The summed E-state index contributed by atoms with van der Waals surface area (Å²) < 4.78 is 10.6. The number of hydrogen-bond donors (Lipinski definition) is 3. The van der Waals surface area contributed by atoms with Gasteiger partial charge < -0.3 is 25.1 Å². The zero-order valence-electron chi connectivity index (χ0n) is 17.3. The number of aromatic nitrogens is 1. The average molecular weight is 419 g/mol. The maximum Gasteiger partial charge on any atom is 0.272 e. The molecular weight excluding hydrogens is 398 g/mol. The van der Waals surface area contributed by atoms with Gasteiger partial charge in [0.2, 0.25) is 6.79 Å². The highest BCUT2D eigenvalue weighted by atomic mass is 16.7. The highest BCUT2D eigenvalue weighted by Gasteiger charge is 2.22. The number of carbonyl (C=O) groups excluding carboxylic acids is 3. The Balaban J connectivity index is 1.56. The number of rotatable bonds is 5. The van der Waals surface area contributed by atoms with E-state index in [4.69, 9.17) is 9.47 Å². The van der Waals surface area contributed by atoms with Crippen molar-refractivity contribution in [2.45, 2.75) is 20.8 Å². The smallest absolute Gasteiger partial charge is 0.272 e. The van der Waals surface area contributed by atoms with Crippen molar-refractivity contribution in [3.63, 3.8) is 0 Å². The molecule has 0 bridgehead atoms. The molecule has 0 radical (unpaired) electrons. The van der Waals surface area contributed by atoms with Gasteiger partial charge >= 0.3 is 0 Å². The van der Waals surface area contributed by atoms with Gasteiger partial charge in [-0.05, 0) is 50.6 Å². The molecule has 8 nitrogen and oxygen atoms in total. The number of H-pyrrole nitrogens is 1. The topological polar surface area (TPSA) is 110 Å². The summed E-state index contributed by atoms with van der Waals surface area (Å²) in [6.07, 6.45) is 0. The standard InChI is InChI=1S/C23H21N3O5/c1-12-20(14(3)27)13(2)24-21(12)23(29)26-17-7-5-4-6-16(17)22(28)25-15-8-9-18-19(10-15)31-11-30-18/h4-10,24H,11H2,1-3H3,(H,25,28)(H,26,29). The molecule has 1 aliphatic heterocycles. The molecule has 4 rings (SSSR count). The van der Waals surface area contributed by atoms with Crippen LogP contribution in [0.3, 0.4) is 0 Å². The van der Waals surface area contributed by atoms with Gasteiger partial charge in [0, 0.05) is 23.0 Å². The normalized spacial score (nSPS) is 11.8. The van der Waals surface area contributed by atoms with Gasteiger partial charge in [0.15, 0.2) is 17.3 Å². The number of ketones is 1. The molecule has 0 spiro atoms. The highest BCUT2D eigenvalue weighted by Crippen LogP contribution is 2.34. The minimum Gasteiger partial charge on any atom is -0.454 e. The van der Waals surface area contributed by atoms with Crippen molar-refractivity contribution in [1.29, 1.82) is 0 Å². The second-order valence-electron chi connectivity index (χ2n) is 7.20. The number of para-hydroxylation sites is 1. The molecule has 0 atom stereocenters. The zero-order chi connectivity index (χ0) is 22.1. The van der Waals surface area contributed by atoms with E-state index < -0.39 is 11.8 Å². The molecule has 0 fully saturated rings. The second-order valence-corrected chi connectivity index (χ2v) is 7.20. The Morgan fingerprint density at radius 3 is 2.42 bits per heavy atom. The summed E-state index contributed by atoms with van der Waals surface area (Å²) in [5.41, 5.74) is 3.17. The number of carbonyl (C=O) groups is 3. The Kier molecular flexibility index (Phi) is 5.21. The largest absolute Gasteiger partial charge is 0.454 e.